The second-order valence-corrected chi connectivity index (χ2v) is 7.48. The highest BCUT2D eigenvalue weighted by molar-refractivity contribution is 7.91. The summed E-state index contributed by atoms with van der Waals surface area (Å²) in [4.78, 5) is 12.0. The van der Waals surface area contributed by atoms with Crippen molar-refractivity contribution < 1.29 is 13.2 Å². The Morgan fingerprint density at radius 3 is 2.59 bits per heavy atom. The Balaban J connectivity index is 1.98. The molecule has 1 atom stereocenters. The number of hydrogen-bond donors (Lipinski definition) is 2. The average molecular weight is 319 g/mol. The van der Waals surface area contributed by atoms with Gasteiger partial charge in [0.15, 0.2) is 9.84 Å². The molecule has 0 spiro atoms. The van der Waals surface area contributed by atoms with Gasteiger partial charge in [0.1, 0.15) is 11.6 Å². The van der Waals surface area contributed by atoms with E-state index in [-0.39, 0.29) is 17.1 Å². The number of anilines is 1. The standard InChI is InChI=1S/C15H17N3O3S/c1-11-2-4-13(5-3-11)17-9-12(8-16)15(19)18-14-6-7-22(20,21)10-14/h2-5,9,14,17H,6-7,10H2,1H3,(H,18,19)/b12-9-/t14-/m0/s1. The van der Waals surface area contributed by atoms with Crippen LogP contribution in [-0.4, -0.2) is 31.9 Å². The maximum atomic E-state index is 12.0. The molecule has 0 radical (unpaired) electrons. The first-order chi connectivity index (χ1) is 10.4. The molecule has 1 aliphatic rings. The summed E-state index contributed by atoms with van der Waals surface area (Å²) in [5, 5.41) is 14.5. The van der Waals surface area contributed by atoms with Crippen LogP contribution in [0.1, 0.15) is 12.0 Å². The zero-order valence-electron chi connectivity index (χ0n) is 12.2. The molecule has 0 aromatic heterocycles. The summed E-state index contributed by atoms with van der Waals surface area (Å²) < 4.78 is 22.7. The van der Waals surface area contributed by atoms with Gasteiger partial charge in [-0.25, -0.2) is 8.42 Å². The van der Waals surface area contributed by atoms with Crippen LogP contribution >= 0.6 is 0 Å². The van der Waals surface area contributed by atoms with E-state index in [2.05, 4.69) is 10.6 Å². The second kappa shape index (κ2) is 6.62. The lowest BCUT2D eigenvalue weighted by molar-refractivity contribution is -0.117. The molecule has 0 saturated carbocycles. The number of aryl methyl sites for hydroxylation is 1. The Morgan fingerprint density at radius 1 is 1.36 bits per heavy atom. The lowest BCUT2D eigenvalue weighted by Crippen LogP contribution is -2.36. The summed E-state index contributed by atoms with van der Waals surface area (Å²) in [7, 11) is -3.07. The number of carbonyl (C=O) groups is 1. The van der Waals surface area contributed by atoms with Crippen molar-refractivity contribution in [2.75, 3.05) is 16.8 Å². The molecule has 1 saturated heterocycles. The van der Waals surface area contributed by atoms with Crippen LogP contribution in [0.3, 0.4) is 0 Å². The van der Waals surface area contributed by atoms with Gasteiger partial charge in [0, 0.05) is 17.9 Å². The topological polar surface area (TPSA) is 99.1 Å². The lowest BCUT2D eigenvalue weighted by Gasteiger charge is -2.10. The lowest BCUT2D eigenvalue weighted by atomic mass is 10.2. The Kier molecular flexibility index (Phi) is 4.83. The summed E-state index contributed by atoms with van der Waals surface area (Å²) in [5.41, 5.74) is 1.77. The van der Waals surface area contributed by atoms with Gasteiger partial charge in [-0.05, 0) is 25.5 Å². The van der Waals surface area contributed by atoms with Gasteiger partial charge in [0.2, 0.25) is 0 Å². The highest BCUT2D eigenvalue weighted by atomic mass is 32.2. The summed E-state index contributed by atoms with van der Waals surface area (Å²) in [6.45, 7) is 1.96. The minimum Gasteiger partial charge on any atom is -0.360 e. The first kappa shape index (κ1) is 16.0. The predicted molar refractivity (Wildman–Crippen MR) is 83.7 cm³/mol. The Bertz CT molecular complexity index is 730. The van der Waals surface area contributed by atoms with E-state index in [1.807, 2.05) is 37.3 Å². The van der Waals surface area contributed by atoms with E-state index in [1.54, 1.807) is 0 Å². The first-order valence-corrected chi connectivity index (χ1v) is 8.66. The van der Waals surface area contributed by atoms with Crippen LogP contribution in [0.5, 0.6) is 0 Å². The molecule has 1 aliphatic heterocycles. The largest absolute Gasteiger partial charge is 0.360 e. The van der Waals surface area contributed by atoms with Crippen LogP contribution in [-0.2, 0) is 14.6 Å². The van der Waals surface area contributed by atoms with Crippen LogP contribution in [0, 0.1) is 18.3 Å². The summed E-state index contributed by atoms with van der Waals surface area (Å²) >= 11 is 0. The number of benzene rings is 1. The van der Waals surface area contributed by atoms with Gasteiger partial charge in [-0.2, -0.15) is 5.26 Å². The van der Waals surface area contributed by atoms with Crippen molar-refractivity contribution in [2.24, 2.45) is 0 Å². The number of sulfone groups is 1. The SMILES string of the molecule is Cc1ccc(N/C=C(/C#N)C(=O)N[C@H]2CCS(=O)(=O)C2)cc1. The molecule has 2 rings (SSSR count). The first-order valence-electron chi connectivity index (χ1n) is 6.84. The molecule has 1 aromatic carbocycles. The molecule has 0 unspecified atom stereocenters. The number of rotatable bonds is 4. The normalized spacial score (nSPS) is 20.2. The molecule has 6 nitrogen and oxygen atoms in total. The zero-order valence-corrected chi connectivity index (χ0v) is 13.0. The van der Waals surface area contributed by atoms with Gasteiger partial charge in [-0.15, -0.1) is 0 Å². The third kappa shape index (κ3) is 4.33. The van der Waals surface area contributed by atoms with Crippen molar-refractivity contribution in [1.82, 2.24) is 5.32 Å². The van der Waals surface area contributed by atoms with E-state index in [0.29, 0.717) is 6.42 Å². The molecule has 0 aliphatic carbocycles. The van der Waals surface area contributed by atoms with Crippen LogP contribution in [0.25, 0.3) is 0 Å². The fraction of sp³-hybridized carbons (Fsp3) is 0.333. The molecule has 7 heteroatoms. The highest BCUT2D eigenvalue weighted by Crippen LogP contribution is 2.12. The minimum absolute atomic E-state index is 0.0666. The molecular weight excluding hydrogens is 302 g/mol. The summed E-state index contributed by atoms with van der Waals surface area (Å²) in [5.74, 6) is -0.558. The second-order valence-electron chi connectivity index (χ2n) is 5.25. The predicted octanol–water partition coefficient (Wildman–Crippen LogP) is 1.12. The van der Waals surface area contributed by atoms with Gasteiger partial charge in [-0.1, -0.05) is 17.7 Å². The molecule has 1 fully saturated rings. The van der Waals surface area contributed by atoms with Gasteiger partial charge in [0.25, 0.3) is 5.91 Å². The smallest absolute Gasteiger partial charge is 0.263 e. The fourth-order valence-corrected chi connectivity index (χ4v) is 3.80. The van der Waals surface area contributed by atoms with E-state index in [0.717, 1.165) is 11.3 Å². The van der Waals surface area contributed by atoms with Gasteiger partial charge >= 0.3 is 0 Å². The maximum absolute atomic E-state index is 12.0. The fourth-order valence-electron chi connectivity index (χ4n) is 2.13. The van der Waals surface area contributed by atoms with Gasteiger partial charge < -0.3 is 10.6 Å². The Hall–Kier alpha value is -2.33. The van der Waals surface area contributed by atoms with Crippen molar-refractivity contribution in [3.05, 3.63) is 41.6 Å². The van der Waals surface area contributed by atoms with Crippen LogP contribution < -0.4 is 10.6 Å². The Labute approximate surface area is 129 Å². The molecule has 22 heavy (non-hydrogen) atoms. The highest BCUT2D eigenvalue weighted by Gasteiger charge is 2.29. The van der Waals surface area contributed by atoms with Crippen molar-refractivity contribution in [3.63, 3.8) is 0 Å². The molecule has 0 bridgehead atoms. The number of amides is 1. The van der Waals surface area contributed by atoms with E-state index < -0.39 is 21.8 Å². The zero-order chi connectivity index (χ0) is 16.2. The van der Waals surface area contributed by atoms with Crippen molar-refractivity contribution in [2.45, 2.75) is 19.4 Å². The number of nitriles is 1. The van der Waals surface area contributed by atoms with Crippen molar-refractivity contribution in [3.8, 4) is 6.07 Å². The van der Waals surface area contributed by atoms with Crippen LogP contribution in [0.2, 0.25) is 0 Å². The van der Waals surface area contributed by atoms with Gasteiger partial charge in [-0.3, -0.25) is 4.79 Å². The van der Waals surface area contributed by atoms with E-state index in [4.69, 9.17) is 5.26 Å². The number of hydrogen-bond acceptors (Lipinski definition) is 5. The summed E-state index contributed by atoms with van der Waals surface area (Å²) in [6, 6.07) is 8.88. The van der Waals surface area contributed by atoms with Crippen molar-refractivity contribution >= 4 is 21.4 Å². The molecular formula is C15H17N3O3S. The Morgan fingerprint density at radius 2 is 2.05 bits per heavy atom. The third-order valence-electron chi connectivity index (χ3n) is 3.37. The minimum atomic E-state index is -3.07. The monoisotopic (exact) mass is 319 g/mol. The quantitative estimate of drug-likeness (QED) is 0.640. The molecule has 2 N–H and O–H groups in total. The average Bonchev–Trinajstić information content (AvgIpc) is 2.80. The van der Waals surface area contributed by atoms with E-state index >= 15 is 0 Å². The number of carbonyl (C=O) groups excluding carboxylic acids is 1. The van der Waals surface area contributed by atoms with Crippen molar-refractivity contribution in [1.29, 1.82) is 5.26 Å². The summed E-state index contributed by atoms with van der Waals surface area (Å²) in [6.07, 6.45) is 1.71. The number of nitrogens with one attached hydrogen (secondary N) is 2. The molecule has 116 valence electrons. The third-order valence-corrected chi connectivity index (χ3v) is 5.14. The number of nitrogens with zero attached hydrogens (tertiary/aromatic N) is 1. The maximum Gasteiger partial charge on any atom is 0.263 e. The van der Waals surface area contributed by atoms with Gasteiger partial charge in [0.05, 0.1) is 11.5 Å². The van der Waals surface area contributed by atoms with Crippen LogP contribution in [0.15, 0.2) is 36.0 Å². The van der Waals surface area contributed by atoms with E-state index in [9.17, 15) is 13.2 Å². The molecule has 1 amide bonds. The molecule has 1 heterocycles. The van der Waals surface area contributed by atoms with Crippen LogP contribution in [0.4, 0.5) is 5.69 Å². The molecule has 1 aromatic rings. The van der Waals surface area contributed by atoms with E-state index in [1.165, 1.54) is 6.20 Å².